The van der Waals surface area contributed by atoms with E-state index in [1.54, 1.807) is 13.3 Å². The maximum Gasteiger partial charge on any atom is 0.253 e. The van der Waals surface area contributed by atoms with E-state index in [1.807, 2.05) is 41.3 Å². The maximum atomic E-state index is 13.3. The first-order valence-electron chi connectivity index (χ1n) is 11.8. The van der Waals surface area contributed by atoms with Gasteiger partial charge >= 0.3 is 0 Å². The predicted molar refractivity (Wildman–Crippen MR) is 135 cm³/mol. The van der Waals surface area contributed by atoms with Crippen LogP contribution in [0, 0.1) is 5.82 Å². The standard InChI is InChI=1S/C29H28FN3O/c1-31-18-22-5-4-6-24(17-22)29(34)32-15-13-23(14-16-32)27-20-33(28-8-3-2-7-26(27)28)19-21-9-11-25(30)12-10-21/h2-12,17-18,20,23H,13-16,19H2,1H3/b31-18-. The minimum Gasteiger partial charge on any atom is -0.343 e. The minimum atomic E-state index is -0.215. The highest BCUT2D eigenvalue weighted by Crippen LogP contribution is 2.35. The monoisotopic (exact) mass is 453 g/mol. The molecule has 0 radical (unpaired) electrons. The van der Waals surface area contributed by atoms with Crippen molar-refractivity contribution in [3.05, 3.63) is 107 Å². The Hall–Kier alpha value is -3.73. The van der Waals surface area contributed by atoms with Crippen molar-refractivity contribution in [2.24, 2.45) is 4.99 Å². The maximum absolute atomic E-state index is 13.3. The summed E-state index contributed by atoms with van der Waals surface area (Å²) in [4.78, 5) is 19.1. The molecular formula is C29H28FN3O. The van der Waals surface area contributed by atoms with Gasteiger partial charge in [-0.3, -0.25) is 9.79 Å². The molecule has 0 N–H and O–H groups in total. The molecule has 1 amide bonds. The zero-order valence-electron chi connectivity index (χ0n) is 19.3. The average molecular weight is 454 g/mol. The van der Waals surface area contributed by atoms with Gasteiger partial charge in [-0.05, 0) is 65.8 Å². The van der Waals surface area contributed by atoms with E-state index in [4.69, 9.17) is 0 Å². The molecule has 0 spiro atoms. The fourth-order valence-corrected chi connectivity index (χ4v) is 5.00. The molecule has 4 aromatic rings. The van der Waals surface area contributed by atoms with E-state index in [0.29, 0.717) is 18.0 Å². The topological polar surface area (TPSA) is 37.6 Å². The van der Waals surface area contributed by atoms with Gasteiger partial charge in [0.25, 0.3) is 5.91 Å². The Kier molecular flexibility index (Phi) is 6.26. The summed E-state index contributed by atoms with van der Waals surface area (Å²) in [6.45, 7) is 2.19. The number of carbonyl (C=O) groups excluding carboxylic acids is 1. The molecular weight excluding hydrogens is 425 g/mol. The first-order valence-corrected chi connectivity index (χ1v) is 11.8. The second kappa shape index (κ2) is 9.64. The third-order valence-corrected chi connectivity index (χ3v) is 6.72. The first-order chi connectivity index (χ1) is 16.6. The number of carbonyl (C=O) groups is 1. The van der Waals surface area contributed by atoms with Crippen LogP contribution in [0.25, 0.3) is 10.9 Å². The molecule has 1 saturated heterocycles. The SMILES string of the molecule is C/N=C\c1cccc(C(=O)N2CCC(c3cn(Cc4ccc(F)cc4)c4ccccc34)CC2)c1. The van der Waals surface area contributed by atoms with Crippen LogP contribution < -0.4 is 0 Å². The molecule has 0 atom stereocenters. The van der Waals surface area contributed by atoms with Crippen LogP contribution in [0.4, 0.5) is 4.39 Å². The molecule has 3 aromatic carbocycles. The van der Waals surface area contributed by atoms with E-state index in [-0.39, 0.29) is 11.7 Å². The number of halogens is 1. The van der Waals surface area contributed by atoms with E-state index in [2.05, 4.69) is 40.0 Å². The average Bonchev–Trinajstić information content (AvgIpc) is 3.24. The molecule has 172 valence electrons. The fraction of sp³-hybridized carbons (Fsp3) is 0.241. The summed E-state index contributed by atoms with van der Waals surface area (Å²) in [6.07, 6.45) is 5.90. The Morgan fingerprint density at radius 3 is 2.56 bits per heavy atom. The third-order valence-electron chi connectivity index (χ3n) is 6.72. The van der Waals surface area contributed by atoms with Crippen LogP contribution in [-0.2, 0) is 6.54 Å². The van der Waals surface area contributed by atoms with Crippen LogP contribution in [-0.4, -0.2) is 41.7 Å². The zero-order chi connectivity index (χ0) is 23.5. The summed E-state index contributed by atoms with van der Waals surface area (Å²) in [5, 5.41) is 1.26. The number of aromatic nitrogens is 1. The van der Waals surface area contributed by atoms with Crippen LogP contribution in [0.5, 0.6) is 0 Å². The summed E-state index contributed by atoms with van der Waals surface area (Å²) >= 11 is 0. The normalized spacial score (nSPS) is 14.8. The Labute approximate surface area is 199 Å². The van der Waals surface area contributed by atoms with Gasteiger partial charge in [0.15, 0.2) is 0 Å². The van der Waals surface area contributed by atoms with Crippen molar-refractivity contribution in [1.82, 2.24) is 9.47 Å². The molecule has 5 heteroatoms. The van der Waals surface area contributed by atoms with Gasteiger partial charge in [-0.2, -0.15) is 0 Å². The van der Waals surface area contributed by atoms with E-state index < -0.39 is 0 Å². The number of nitrogens with zero attached hydrogens (tertiary/aromatic N) is 3. The molecule has 0 unspecified atom stereocenters. The lowest BCUT2D eigenvalue weighted by Crippen LogP contribution is -2.37. The minimum absolute atomic E-state index is 0.0866. The van der Waals surface area contributed by atoms with Crippen molar-refractivity contribution < 1.29 is 9.18 Å². The van der Waals surface area contributed by atoms with Gasteiger partial charge in [-0.25, -0.2) is 4.39 Å². The van der Waals surface area contributed by atoms with Crippen LogP contribution >= 0.6 is 0 Å². The van der Waals surface area contributed by atoms with Crippen LogP contribution in [0.15, 0.2) is 84.0 Å². The molecule has 5 rings (SSSR count). The molecule has 34 heavy (non-hydrogen) atoms. The van der Waals surface area contributed by atoms with Crippen LogP contribution in [0.3, 0.4) is 0 Å². The summed E-state index contributed by atoms with van der Waals surface area (Å²) in [6, 6.07) is 22.8. The lowest BCUT2D eigenvalue weighted by Gasteiger charge is -2.32. The van der Waals surface area contributed by atoms with Gasteiger partial charge in [0.2, 0.25) is 0 Å². The molecule has 0 aliphatic carbocycles. The van der Waals surface area contributed by atoms with Crippen molar-refractivity contribution >= 4 is 23.0 Å². The molecule has 0 bridgehead atoms. The smallest absolute Gasteiger partial charge is 0.253 e. The van der Waals surface area contributed by atoms with Crippen molar-refractivity contribution in [3.63, 3.8) is 0 Å². The highest BCUT2D eigenvalue weighted by atomic mass is 19.1. The summed E-state index contributed by atoms with van der Waals surface area (Å²) in [5.41, 5.74) is 5.26. The molecule has 4 nitrogen and oxygen atoms in total. The fourth-order valence-electron chi connectivity index (χ4n) is 5.00. The molecule has 1 aromatic heterocycles. The molecule has 2 heterocycles. The second-order valence-corrected chi connectivity index (χ2v) is 8.94. The van der Waals surface area contributed by atoms with Crippen LogP contribution in [0.1, 0.15) is 45.8 Å². The number of likely N-dealkylation sites (tertiary alicyclic amines) is 1. The van der Waals surface area contributed by atoms with Crippen LogP contribution in [0.2, 0.25) is 0 Å². The quantitative estimate of drug-likeness (QED) is 0.347. The van der Waals surface area contributed by atoms with E-state index in [1.165, 1.54) is 28.6 Å². The zero-order valence-corrected chi connectivity index (χ0v) is 19.3. The van der Waals surface area contributed by atoms with Crippen molar-refractivity contribution in [1.29, 1.82) is 0 Å². The lowest BCUT2D eigenvalue weighted by molar-refractivity contribution is 0.0713. The highest BCUT2D eigenvalue weighted by molar-refractivity contribution is 5.96. The van der Waals surface area contributed by atoms with Gasteiger partial charge in [-0.15, -0.1) is 0 Å². The number of aliphatic imine (C=N–C) groups is 1. The number of benzene rings is 3. The van der Waals surface area contributed by atoms with E-state index in [9.17, 15) is 9.18 Å². The third kappa shape index (κ3) is 4.51. The summed E-state index contributed by atoms with van der Waals surface area (Å²) in [5.74, 6) is 0.277. The highest BCUT2D eigenvalue weighted by Gasteiger charge is 2.26. The Morgan fingerprint density at radius 1 is 1.03 bits per heavy atom. The Bertz CT molecular complexity index is 1330. The molecule has 1 aliphatic heterocycles. The second-order valence-electron chi connectivity index (χ2n) is 8.94. The summed E-state index contributed by atoms with van der Waals surface area (Å²) in [7, 11) is 1.73. The molecule has 1 aliphatic rings. The van der Waals surface area contributed by atoms with Crippen molar-refractivity contribution in [3.8, 4) is 0 Å². The van der Waals surface area contributed by atoms with E-state index in [0.717, 1.165) is 37.1 Å². The largest absolute Gasteiger partial charge is 0.343 e. The Morgan fingerprint density at radius 2 is 1.79 bits per heavy atom. The van der Waals surface area contributed by atoms with Gasteiger partial charge < -0.3 is 9.47 Å². The molecule has 1 fully saturated rings. The number of rotatable bonds is 5. The number of para-hydroxylation sites is 1. The molecule has 0 saturated carbocycles. The van der Waals surface area contributed by atoms with Gasteiger partial charge in [0.1, 0.15) is 5.82 Å². The van der Waals surface area contributed by atoms with Crippen molar-refractivity contribution in [2.75, 3.05) is 20.1 Å². The summed E-state index contributed by atoms with van der Waals surface area (Å²) < 4.78 is 15.6. The number of fused-ring (bicyclic) bond motifs is 1. The van der Waals surface area contributed by atoms with Gasteiger partial charge in [-0.1, -0.05) is 42.5 Å². The number of piperidine rings is 1. The number of amides is 1. The number of hydrogen-bond acceptors (Lipinski definition) is 2. The van der Waals surface area contributed by atoms with Gasteiger partial charge in [0.05, 0.1) is 0 Å². The number of hydrogen-bond donors (Lipinski definition) is 0. The van der Waals surface area contributed by atoms with Gasteiger partial charge in [0, 0.05) is 55.6 Å². The van der Waals surface area contributed by atoms with Crippen molar-refractivity contribution in [2.45, 2.75) is 25.3 Å². The Balaban J connectivity index is 1.33. The first kappa shape index (κ1) is 22.1. The predicted octanol–water partition coefficient (Wildman–Crippen LogP) is 5.90. The van der Waals surface area contributed by atoms with E-state index >= 15 is 0 Å². The lowest BCUT2D eigenvalue weighted by atomic mass is 9.89.